The minimum absolute atomic E-state index is 0.0744. The van der Waals surface area contributed by atoms with Crippen LogP contribution in [-0.2, 0) is 9.59 Å². The minimum atomic E-state index is -1.01. The summed E-state index contributed by atoms with van der Waals surface area (Å²) in [5.41, 5.74) is 0.301. The molecule has 0 aliphatic carbocycles. The molecule has 0 atom stereocenters. The maximum absolute atomic E-state index is 12.0. The SMILES string of the molecule is C=CCN1C(=O)C(=O)N(CC(=O)c2ccc(Cl)cc2)C1=O. The Kier molecular flexibility index (Phi) is 4.18. The van der Waals surface area contributed by atoms with Gasteiger partial charge in [-0.1, -0.05) is 17.7 Å². The molecule has 0 aromatic heterocycles. The molecule has 21 heavy (non-hydrogen) atoms. The Hall–Kier alpha value is -2.47. The van der Waals surface area contributed by atoms with Crippen molar-refractivity contribution in [2.75, 3.05) is 13.1 Å². The molecule has 1 aromatic rings. The largest absolute Gasteiger partial charge is 0.334 e. The van der Waals surface area contributed by atoms with E-state index in [0.717, 1.165) is 4.90 Å². The summed E-state index contributed by atoms with van der Waals surface area (Å²) in [6, 6.07) is 5.21. The van der Waals surface area contributed by atoms with Gasteiger partial charge in [-0.3, -0.25) is 19.3 Å². The maximum Gasteiger partial charge on any atom is 0.334 e. The first-order valence-corrected chi connectivity index (χ1v) is 6.40. The quantitative estimate of drug-likeness (QED) is 0.357. The van der Waals surface area contributed by atoms with Crippen molar-refractivity contribution < 1.29 is 19.2 Å². The van der Waals surface area contributed by atoms with Gasteiger partial charge in [-0.25, -0.2) is 9.69 Å². The Labute approximate surface area is 125 Å². The second-order valence-corrected chi connectivity index (χ2v) is 4.74. The van der Waals surface area contributed by atoms with Gasteiger partial charge in [0.15, 0.2) is 5.78 Å². The van der Waals surface area contributed by atoms with Crippen molar-refractivity contribution >= 4 is 35.2 Å². The van der Waals surface area contributed by atoms with Crippen LogP contribution in [0.1, 0.15) is 10.4 Å². The number of rotatable bonds is 5. The van der Waals surface area contributed by atoms with Gasteiger partial charge in [-0.15, -0.1) is 6.58 Å². The summed E-state index contributed by atoms with van der Waals surface area (Å²) < 4.78 is 0. The zero-order valence-electron chi connectivity index (χ0n) is 10.9. The fraction of sp³-hybridized carbons (Fsp3) is 0.143. The number of amides is 4. The number of hydrogen-bond acceptors (Lipinski definition) is 4. The second-order valence-electron chi connectivity index (χ2n) is 4.31. The number of carbonyl (C=O) groups excluding carboxylic acids is 4. The zero-order chi connectivity index (χ0) is 15.6. The van der Waals surface area contributed by atoms with Crippen molar-refractivity contribution in [2.24, 2.45) is 0 Å². The van der Waals surface area contributed by atoms with E-state index in [2.05, 4.69) is 6.58 Å². The first-order valence-electron chi connectivity index (χ1n) is 6.02. The molecule has 1 aliphatic rings. The first-order chi connectivity index (χ1) is 9.95. The third-order valence-electron chi connectivity index (χ3n) is 2.91. The summed E-state index contributed by atoms with van der Waals surface area (Å²) >= 11 is 5.72. The molecule has 1 saturated heterocycles. The molecule has 108 valence electrons. The standard InChI is InChI=1S/C14H11ClN2O4/c1-2-7-16-12(19)13(20)17(14(16)21)8-11(18)9-3-5-10(15)6-4-9/h2-6H,1,7-8H2. The number of carbonyl (C=O) groups is 4. The molecule has 7 heteroatoms. The lowest BCUT2D eigenvalue weighted by Crippen LogP contribution is -2.37. The molecular weight excluding hydrogens is 296 g/mol. The Morgan fingerprint density at radius 2 is 1.67 bits per heavy atom. The average Bonchev–Trinajstić information content (AvgIpc) is 2.66. The number of nitrogens with zero attached hydrogens (tertiary/aromatic N) is 2. The van der Waals surface area contributed by atoms with Crippen LogP contribution in [0, 0.1) is 0 Å². The van der Waals surface area contributed by atoms with Crippen molar-refractivity contribution in [3.8, 4) is 0 Å². The second kappa shape index (κ2) is 5.88. The van der Waals surface area contributed by atoms with Crippen LogP contribution >= 0.6 is 11.6 Å². The Morgan fingerprint density at radius 3 is 2.24 bits per heavy atom. The molecule has 4 amide bonds. The van der Waals surface area contributed by atoms with Crippen LogP contribution in [-0.4, -0.2) is 46.5 Å². The van der Waals surface area contributed by atoms with E-state index >= 15 is 0 Å². The molecular formula is C14H11ClN2O4. The summed E-state index contributed by atoms with van der Waals surface area (Å²) in [6.07, 6.45) is 1.33. The first kappa shape index (κ1) is 14.9. The van der Waals surface area contributed by atoms with Crippen molar-refractivity contribution in [1.82, 2.24) is 9.80 Å². The number of urea groups is 1. The van der Waals surface area contributed by atoms with Crippen LogP contribution in [0.25, 0.3) is 0 Å². The number of ketones is 1. The molecule has 1 aromatic carbocycles. The third-order valence-corrected chi connectivity index (χ3v) is 3.17. The van der Waals surface area contributed by atoms with Crippen molar-refractivity contribution in [3.05, 3.63) is 47.5 Å². The predicted molar refractivity (Wildman–Crippen MR) is 74.8 cm³/mol. The average molecular weight is 307 g/mol. The third kappa shape index (κ3) is 2.85. The van der Waals surface area contributed by atoms with Gasteiger partial charge < -0.3 is 0 Å². The van der Waals surface area contributed by atoms with Gasteiger partial charge in [0.25, 0.3) is 0 Å². The molecule has 6 nitrogen and oxygen atoms in total. The van der Waals surface area contributed by atoms with Gasteiger partial charge >= 0.3 is 17.8 Å². The fourth-order valence-electron chi connectivity index (χ4n) is 1.85. The minimum Gasteiger partial charge on any atom is -0.292 e. The van der Waals surface area contributed by atoms with E-state index in [4.69, 9.17) is 11.6 Å². The lowest BCUT2D eigenvalue weighted by molar-refractivity contribution is -0.142. The molecule has 1 heterocycles. The molecule has 1 fully saturated rings. The summed E-state index contributed by atoms with van der Waals surface area (Å²) in [4.78, 5) is 48.7. The molecule has 0 saturated carbocycles. The van der Waals surface area contributed by atoms with Gasteiger partial charge in [0.2, 0.25) is 0 Å². The van der Waals surface area contributed by atoms with E-state index in [0.29, 0.717) is 15.5 Å². The monoisotopic (exact) mass is 306 g/mol. The van der Waals surface area contributed by atoms with E-state index in [1.165, 1.54) is 30.3 Å². The number of benzene rings is 1. The Bertz CT molecular complexity index is 639. The smallest absolute Gasteiger partial charge is 0.292 e. The summed E-state index contributed by atoms with van der Waals surface area (Å²) in [6.45, 7) is 2.84. The highest BCUT2D eigenvalue weighted by Gasteiger charge is 2.44. The van der Waals surface area contributed by atoms with Crippen LogP contribution in [0.2, 0.25) is 5.02 Å². The zero-order valence-corrected chi connectivity index (χ0v) is 11.7. The van der Waals surface area contributed by atoms with Gasteiger partial charge in [0.1, 0.15) is 0 Å². The van der Waals surface area contributed by atoms with E-state index in [1.54, 1.807) is 0 Å². The number of hydrogen-bond donors (Lipinski definition) is 0. The summed E-state index contributed by atoms with van der Waals surface area (Å²) in [5, 5.41) is 0.465. The molecule has 0 N–H and O–H groups in total. The van der Waals surface area contributed by atoms with Crippen LogP contribution in [0.15, 0.2) is 36.9 Å². The van der Waals surface area contributed by atoms with Crippen molar-refractivity contribution in [3.63, 3.8) is 0 Å². The number of halogens is 1. The Morgan fingerprint density at radius 1 is 1.10 bits per heavy atom. The molecule has 1 aliphatic heterocycles. The van der Waals surface area contributed by atoms with Crippen LogP contribution < -0.4 is 0 Å². The van der Waals surface area contributed by atoms with Crippen molar-refractivity contribution in [1.29, 1.82) is 0 Å². The number of Topliss-reactive ketones (excluding diaryl/α,β-unsaturated/α-hetero) is 1. The normalized spacial score (nSPS) is 14.8. The Balaban J connectivity index is 2.15. The van der Waals surface area contributed by atoms with Gasteiger partial charge in [0.05, 0.1) is 6.54 Å². The highest BCUT2D eigenvalue weighted by atomic mass is 35.5. The van der Waals surface area contributed by atoms with E-state index in [-0.39, 0.29) is 6.54 Å². The van der Waals surface area contributed by atoms with E-state index < -0.39 is 30.2 Å². The van der Waals surface area contributed by atoms with Gasteiger partial charge in [0, 0.05) is 17.1 Å². The van der Waals surface area contributed by atoms with Crippen LogP contribution in [0.3, 0.4) is 0 Å². The molecule has 0 bridgehead atoms. The van der Waals surface area contributed by atoms with Gasteiger partial charge in [-0.2, -0.15) is 0 Å². The lowest BCUT2D eigenvalue weighted by Gasteiger charge is -2.13. The predicted octanol–water partition coefficient (Wildman–Crippen LogP) is 1.50. The van der Waals surface area contributed by atoms with Crippen LogP contribution in [0.4, 0.5) is 4.79 Å². The molecule has 0 spiro atoms. The molecule has 0 radical (unpaired) electrons. The number of imide groups is 2. The van der Waals surface area contributed by atoms with Crippen LogP contribution in [0.5, 0.6) is 0 Å². The molecule has 2 rings (SSSR count). The maximum atomic E-state index is 12.0. The lowest BCUT2D eigenvalue weighted by atomic mass is 10.1. The highest BCUT2D eigenvalue weighted by molar-refractivity contribution is 6.45. The highest BCUT2D eigenvalue weighted by Crippen LogP contribution is 2.15. The summed E-state index contributed by atoms with van der Waals surface area (Å²) in [5.74, 6) is -2.42. The molecule has 0 unspecified atom stereocenters. The summed E-state index contributed by atoms with van der Waals surface area (Å²) in [7, 11) is 0. The van der Waals surface area contributed by atoms with E-state index in [9.17, 15) is 19.2 Å². The fourth-order valence-corrected chi connectivity index (χ4v) is 1.98. The van der Waals surface area contributed by atoms with Gasteiger partial charge in [-0.05, 0) is 24.3 Å². The van der Waals surface area contributed by atoms with Crippen molar-refractivity contribution in [2.45, 2.75) is 0 Å². The van der Waals surface area contributed by atoms with E-state index in [1.807, 2.05) is 0 Å². The topological polar surface area (TPSA) is 74.8 Å².